The summed E-state index contributed by atoms with van der Waals surface area (Å²) in [5, 5.41) is 9.11. The van der Waals surface area contributed by atoms with E-state index < -0.39 is 41.4 Å². The highest BCUT2D eigenvalue weighted by Gasteiger charge is 2.29. The lowest BCUT2D eigenvalue weighted by atomic mass is 9.92. The number of hydrogen-bond acceptors (Lipinski definition) is 10. The number of anilines is 1. The van der Waals surface area contributed by atoms with E-state index in [1.165, 1.54) is 7.05 Å². The summed E-state index contributed by atoms with van der Waals surface area (Å²) in [6.07, 6.45) is -1.07. The normalized spacial score (nSPS) is 11.4. The molecule has 0 aliphatic heterocycles. The molecule has 0 N–H and O–H groups in total. The molecule has 0 aliphatic carbocycles. The highest BCUT2D eigenvalue weighted by atomic mass is 19.1. The third-order valence-electron chi connectivity index (χ3n) is 5.29. The highest BCUT2D eigenvalue weighted by Crippen LogP contribution is 2.29. The third kappa shape index (κ3) is 9.98. The van der Waals surface area contributed by atoms with Crippen LogP contribution in [-0.2, 0) is 40.3 Å². The number of rotatable bonds is 16. The van der Waals surface area contributed by atoms with Crippen LogP contribution in [0.4, 0.5) is 19.5 Å². The van der Waals surface area contributed by atoms with E-state index in [-0.39, 0.29) is 43.2 Å². The molecule has 0 aliphatic rings. The summed E-state index contributed by atoms with van der Waals surface area (Å²) in [4.78, 5) is 30.3. The number of methoxy groups -OCH3 is 1. The maximum absolute atomic E-state index is 14.8. The Labute approximate surface area is 231 Å². The van der Waals surface area contributed by atoms with Crippen molar-refractivity contribution in [3.05, 3.63) is 23.3 Å². The molecule has 0 unspecified atom stereocenters. The van der Waals surface area contributed by atoms with E-state index in [0.717, 1.165) is 15.5 Å². The van der Waals surface area contributed by atoms with Crippen molar-refractivity contribution in [2.45, 2.75) is 27.2 Å². The van der Waals surface area contributed by atoms with Gasteiger partial charge in [-0.2, -0.15) is 5.26 Å². The molecule has 0 atom stereocenters. The second-order valence-electron chi connectivity index (χ2n) is 9.76. The van der Waals surface area contributed by atoms with Crippen molar-refractivity contribution < 1.29 is 46.8 Å². The Morgan fingerprint density at radius 3 is 2.12 bits per heavy atom. The average Bonchev–Trinajstić information content (AvgIpc) is 3.23. The molecule has 2 rings (SSSR count). The van der Waals surface area contributed by atoms with Crippen molar-refractivity contribution in [1.82, 2.24) is 9.55 Å². The minimum atomic E-state index is -1.08. The van der Waals surface area contributed by atoms with Gasteiger partial charge in [-0.1, -0.05) is 20.8 Å². The molecular weight excluding hydrogens is 534 g/mol. The summed E-state index contributed by atoms with van der Waals surface area (Å²) in [6.45, 7) is 7.28. The maximum Gasteiger partial charge on any atom is 0.510 e. The van der Waals surface area contributed by atoms with Crippen molar-refractivity contribution in [2.75, 3.05) is 71.6 Å². The Balaban J connectivity index is 1.93. The van der Waals surface area contributed by atoms with Crippen molar-refractivity contribution >= 4 is 29.0 Å². The van der Waals surface area contributed by atoms with Gasteiger partial charge in [0.25, 0.3) is 0 Å². The summed E-state index contributed by atoms with van der Waals surface area (Å²) in [7, 11) is 2.95. The maximum atomic E-state index is 14.8. The molecule has 0 spiro atoms. The molecule has 1 aromatic heterocycles. The molecule has 1 heterocycles. The summed E-state index contributed by atoms with van der Waals surface area (Å²) in [6, 6.07) is 2.32. The molecule has 14 heteroatoms. The molecule has 0 fully saturated rings. The van der Waals surface area contributed by atoms with Crippen LogP contribution in [-0.4, -0.2) is 88.3 Å². The topological polar surface area (TPSA) is 134 Å². The number of nitrogens with zero attached hydrogens (tertiary/aromatic N) is 4. The average molecular weight is 571 g/mol. The largest absolute Gasteiger partial charge is 0.510 e. The van der Waals surface area contributed by atoms with Crippen LogP contribution in [0, 0.1) is 28.4 Å². The summed E-state index contributed by atoms with van der Waals surface area (Å²) in [5.74, 6) is -2.59. The molecule has 1 aromatic carbocycles. The second-order valence-corrected chi connectivity index (χ2v) is 9.76. The van der Waals surface area contributed by atoms with E-state index in [9.17, 15) is 18.4 Å². The van der Waals surface area contributed by atoms with Crippen LogP contribution in [0.3, 0.4) is 0 Å². The number of imidazole rings is 1. The van der Waals surface area contributed by atoms with Crippen molar-refractivity contribution in [2.24, 2.45) is 12.5 Å². The fraction of sp³-hybridized carbons (Fsp3) is 0.615. The number of aromatic nitrogens is 2. The number of nitriles is 1. The number of fused-ring (bicyclic) bond motifs is 1. The van der Waals surface area contributed by atoms with E-state index in [4.69, 9.17) is 33.7 Å². The molecule has 2 aromatic rings. The number of amides is 1. The van der Waals surface area contributed by atoms with Gasteiger partial charge in [-0.3, -0.25) is 4.79 Å². The Bertz CT molecular complexity index is 1180. The van der Waals surface area contributed by atoms with Crippen LogP contribution in [0.2, 0.25) is 0 Å². The fourth-order valence-electron chi connectivity index (χ4n) is 3.43. The van der Waals surface area contributed by atoms with E-state index in [2.05, 4.69) is 4.98 Å². The van der Waals surface area contributed by atoms with Crippen LogP contribution < -0.4 is 4.90 Å². The SMILES string of the molecule is COCCOCCOCCOCCOC(=O)OCN(C(=O)CC(C)(C)C)c1nc2c(F)cc(C#N)c(F)c2n1C. The first kappa shape index (κ1) is 32.8. The molecular formula is C26H36F2N4O8. The summed E-state index contributed by atoms with van der Waals surface area (Å²) in [5.41, 5.74) is -1.64. The third-order valence-corrected chi connectivity index (χ3v) is 5.29. The lowest BCUT2D eigenvalue weighted by Crippen LogP contribution is -2.38. The number of halogens is 2. The molecule has 1 amide bonds. The lowest BCUT2D eigenvalue weighted by molar-refractivity contribution is -0.121. The summed E-state index contributed by atoms with van der Waals surface area (Å²) >= 11 is 0. The first-order valence-electron chi connectivity index (χ1n) is 12.6. The van der Waals surface area contributed by atoms with Gasteiger partial charge < -0.3 is 33.0 Å². The van der Waals surface area contributed by atoms with Gasteiger partial charge in [0.1, 0.15) is 23.7 Å². The van der Waals surface area contributed by atoms with Gasteiger partial charge in [0.05, 0.1) is 51.8 Å². The Morgan fingerprint density at radius 1 is 1.00 bits per heavy atom. The Morgan fingerprint density at radius 2 is 1.57 bits per heavy atom. The molecule has 222 valence electrons. The van der Waals surface area contributed by atoms with Crippen LogP contribution in [0.15, 0.2) is 6.07 Å². The van der Waals surface area contributed by atoms with Gasteiger partial charge in [-0.15, -0.1) is 0 Å². The van der Waals surface area contributed by atoms with Crippen LogP contribution in [0.5, 0.6) is 0 Å². The number of hydrogen-bond donors (Lipinski definition) is 0. The highest BCUT2D eigenvalue weighted by molar-refractivity contribution is 5.94. The Kier molecular flexibility index (Phi) is 13.1. The van der Waals surface area contributed by atoms with Crippen molar-refractivity contribution in [1.29, 1.82) is 5.26 Å². The van der Waals surface area contributed by atoms with Crippen LogP contribution in [0.25, 0.3) is 11.0 Å². The van der Waals surface area contributed by atoms with Crippen molar-refractivity contribution in [3.8, 4) is 6.07 Å². The van der Waals surface area contributed by atoms with E-state index >= 15 is 0 Å². The molecule has 0 saturated heterocycles. The van der Waals surface area contributed by atoms with Gasteiger partial charge in [-0.05, 0) is 11.5 Å². The first-order valence-corrected chi connectivity index (χ1v) is 12.6. The fourth-order valence-corrected chi connectivity index (χ4v) is 3.43. The Hall–Kier alpha value is -3.38. The number of carbonyl (C=O) groups excluding carboxylic acids is 2. The van der Waals surface area contributed by atoms with Gasteiger partial charge in [0.15, 0.2) is 18.4 Å². The lowest BCUT2D eigenvalue weighted by Gasteiger charge is -2.25. The van der Waals surface area contributed by atoms with Gasteiger partial charge in [0.2, 0.25) is 11.9 Å². The number of aryl methyl sites for hydroxylation is 1. The second kappa shape index (κ2) is 16.0. The molecule has 40 heavy (non-hydrogen) atoms. The minimum Gasteiger partial charge on any atom is -0.432 e. The van der Waals surface area contributed by atoms with Gasteiger partial charge in [0, 0.05) is 20.6 Å². The standard InChI is InChI=1S/C26H36F2N4O8/c1-26(2,3)15-20(33)32(24-30-22-19(27)14-18(16-29)21(28)23(22)31(24)4)17-40-25(34)39-13-12-38-11-10-37-9-8-36-7-6-35-5/h14H,6-13,15,17H2,1-5H3. The minimum absolute atomic E-state index is 0.0121. The quantitative estimate of drug-likeness (QED) is 0.168. The van der Waals surface area contributed by atoms with Crippen LogP contribution >= 0.6 is 0 Å². The van der Waals surface area contributed by atoms with E-state index in [0.29, 0.717) is 33.0 Å². The number of ether oxygens (including phenoxy) is 6. The van der Waals surface area contributed by atoms with Gasteiger partial charge >= 0.3 is 6.16 Å². The molecule has 0 bridgehead atoms. The monoisotopic (exact) mass is 570 g/mol. The first-order chi connectivity index (χ1) is 19.0. The molecule has 12 nitrogen and oxygen atoms in total. The molecule has 0 saturated carbocycles. The smallest absolute Gasteiger partial charge is 0.432 e. The molecule has 0 radical (unpaired) electrons. The zero-order valence-corrected chi connectivity index (χ0v) is 23.5. The van der Waals surface area contributed by atoms with E-state index in [1.807, 2.05) is 20.8 Å². The predicted molar refractivity (Wildman–Crippen MR) is 139 cm³/mol. The number of carbonyl (C=O) groups is 2. The predicted octanol–water partition coefficient (Wildman–Crippen LogP) is 3.30. The van der Waals surface area contributed by atoms with Gasteiger partial charge in [-0.25, -0.2) is 23.5 Å². The van der Waals surface area contributed by atoms with Crippen molar-refractivity contribution in [3.63, 3.8) is 0 Å². The number of benzene rings is 1. The summed E-state index contributed by atoms with van der Waals surface area (Å²) < 4.78 is 61.4. The van der Waals surface area contributed by atoms with Crippen LogP contribution in [0.1, 0.15) is 32.8 Å². The zero-order valence-electron chi connectivity index (χ0n) is 23.5. The van der Waals surface area contributed by atoms with E-state index in [1.54, 1.807) is 13.2 Å². The zero-order chi connectivity index (χ0) is 29.7.